The number of alkyl halides is 2. The molecule has 29 heavy (non-hydrogen) atoms. The van der Waals surface area contributed by atoms with Crippen LogP contribution in [0.2, 0.25) is 0 Å². The van der Waals surface area contributed by atoms with Crippen molar-refractivity contribution in [2.75, 3.05) is 36.5 Å². The summed E-state index contributed by atoms with van der Waals surface area (Å²) in [5, 5.41) is 15.4. The normalized spacial score (nSPS) is 22.6. The van der Waals surface area contributed by atoms with Crippen molar-refractivity contribution in [1.82, 2.24) is 15.0 Å². The number of hydrogen-bond donors (Lipinski definition) is 2. The molecule has 1 atom stereocenters. The summed E-state index contributed by atoms with van der Waals surface area (Å²) in [6.07, 6.45) is 0.330. The number of aliphatic hydroxyl groups excluding tert-OH is 1. The van der Waals surface area contributed by atoms with E-state index in [4.69, 9.17) is 9.72 Å². The van der Waals surface area contributed by atoms with Crippen molar-refractivity contribution in [3.63, 3.8) is 0 Å². The summed E-state index contributed by atoms with van der Waals surface area (Å²) in [5.41, 5.74) is 0.898. The molecule has 2 aromatic heterocycles. The van der Waals surface area contributed by atoms with Gasteiger partial charge in [0.25, 0.3) is 0 Å². The van der Waals surface area contributed by atoms with Crippen molar-refractivity contribution >= 4 is 23.0 Å². The SMILES string of the molecule is Cc1csc(-c2nc(NC3CCC(F)(F)CC3)cc(N3CCOC(CO)C3)n2)n1. The summed E-state index contributed by atoms with van der Waals surface area (Å²) in [6.45, 7) is 3.54. The number of hydrogen-bond acceptors (Lipinski definition) is 8. The molecule has 158 valence electrons. The van der Waals surface area contributed by atoms with Gasteiger partial charge in [0.2, 0.25) is 5.92 Å². The van der Waals surface area contributed by atoms with Crippen LogP contribution < -0.4 is 10.2 Å². The Morgan fingerprint density at radius 2 is 2.10 bits per heavy atom. The minimum atomic E-state index is -2.56. The van der Waals surface area contributed by atoms with Crippen LogP contribution in [0.5, 0.6) is 0 Å². The number of aryl methyl sites for hydroxylation is 1. The Morgan fingerprint density at radius 1 is 1.31 bits per heavy atom. The molecule has 1 aliphatic heterocycles. The number of rotatable bonds is 5. The quantitative estimate of drug-likeness (QED) is 0.762. The largest absolute Gasteiger partial charge is 0.394 e. The van der Waals surface area contributed by atoms with Gasteiger partial charge in [-0.25, -0.2) is 23.7 Å². The lowest BCUT2D eigenvalue weighted by molar-refractivity contribution is -0.0361. The zero-order valence-corrected chi connectivity index (χ0v) is 17.1. The van der Waals surface area contributed by atoms with Crippen LogP contribution in [-0.2, 0) is 4.74 Å². The molecule has 1 aliphatic carbocycles. The topological polar surface area (TPSA) is 83.4 Å². The van der Waals surface area contributed by atoms with Crippen molar-refractivity contribution in [3.05, 3.63) is 17.1 Å². The number of aromatic nitrogens is 3. The van der Waals surface area contributed by atoms with Gasteiger partial charge in [0.15, 0.2) is 10.8 Å². The highest BCUT2D eigenvalue weighted by Gasteiger charge is 2.35. The number of thiazole rings is 1. The second-order valence-corrected chi connectivity index (χ2v) is 8.48. The van der Waals surface area contributed by atoms with Crippen molar-refractivity contribution < 1.29 is 18.6 Å². The molecule has 1 unspecified atom stereocenters. The fourth-order valence-electron chi connectivity index (χ4n) is 3.65. The molecule has 2 aromatic rings. The Bertz CT molecular complexity index is 840. The smallest absolute Gasteiger partial charge is 0.248 e. The van der Waals surface area contributed by atoms with Gasteiger partial charge in [-0.15, -0.1) is 11.3 Å². The minimum Gasteiger partial charge on any atom is -0.394 e. The molecular weight excluding hydrogens is 400 g/mol. The average Bonchev–Trinajstić information content (AvgIpc) is 3.16. The molecule has 0 bridgehead atoms. The zero-order chi connectivity index (χ0) is 20.4. The molecule has 0 spiro atoms. The first-order valence-corrected chi connectivity index (χ1v) is 10.7. The fourth-order valence-corrected chi connectivity index (χ4v) is 4.38. The third-order valence-corrected chi connectivity index (χ3v) is 6.21. The zero-order valence-electron chi connectivity index (χ0n) is 16.3. The Kier molecular flexibility index (Phi) is 5.93. The van der Waals surface area contributed by atoms with E-state index in [0.29, 0.717) is 50.0 Å². The lowest BCUT2D eigenvalue weighted by Crippen LogP contribution is -2.44. The van der Waals surface area contributed by atoms with Crippen LogP contribution in [0.3, 0.4) is 0 Å². The molecule has 4 rings (SSSR count). The van der Waals surface area contributed by atoms with E-state index in [-0.39, 0.29) is 31.6 Å². The molecule has 0 aromatic carbocycles. The molecule has 2 aliphatic rings. The van der Waals surface area contributed by atoms with E-state index in [1.807, 2.05) is 18.4 Å². The monoisotopic (exact) mass is 425 g/mol. The Hall–Kier alpha value is -1.91. The highest BCUT2D eigenvalue weighted by Crippen LogP contribution is 2.34. The molecule has 10 heteroatoms. The van der Waals surface area contributed by atoms with E-state index >= 15 is 0 Å². The van der Waals surface area contributed by atoms with E-state index in [2.05, 4.69) is 20.2 Å². The van der Waals surface area contributed by atoms with Gasteiger partial charge in [-0.3, -0.25) is 0 Å². The van der Waals surface area contributed by atoms with E-state index < -0.39 is 5.92 Å². The second kappa shape index (κ2) is 8.45. The van der Waals surface area contributed by atoms with Crippen LogP contribution in [0.15, 0.2) is 11.4 Å². The maximum absolute atomic E-state index is 13.5. The number of aliphatic hydroxyl groups is 1. The molecule has 0 radical (unpaired) electrons. The maximum atomic E-state index is 13.5. The molecular formula is C19H25F2N5O2S. The molecule has 1 saturated carbocycles. The number of ether oxygens (including phenoxy) is 1. The first kappa shape index (κ1) is 20.4. The number of nitrogens with zero attached hydrogens (tertiary/aromatic N) is 4. The van der Waals surface area contributed by atoms with Crippen LogP contribution in [0.25, 0.3) is 10.8 Å². The standard InChI is InChI=1S/C19H25F2N5O2S/c1-12-11-29-18(22-12)17-24-15(23-13-2-4-19(20,21)5-3-13)8-16(25-17)26-6-7-28-14(9-26)10-27/h8,11,13-14,27H,2-7,9-10H2,1H3,(H,23,24,25). The van der Waals surface area contributed by atoms with Crippen LogP contribution >= 0.6 is 11.3 Å². The predicted octanol–water partition coefficient (Wildman–Crippen LogP) is 3.10. The van der Waals surface area contributed by atoms with Gasteiger partial charge < -0.3 is 20.1 Å². The molecule has 0 amide bonds. The number of morpholine rings is 1. The van der Waals surface area contributed by atoms with E-state index in [9.17, 15) is 13.9 Å². The Balaban J connectivity index is 1.60. The third-order valence-electron chi connectivity index (χ3n) is 5.26. The first-order chi connectivity index (χ1) is 13.9. The molecule has 2 N–H and O–H groups in total. The van der Waals surface area contributed by atoms with Crippen molar-refractivity contribution in [2.45, 2.75) is 50.7 Å². The van der Waals surface area contributed by atoms with Crippen LogP contribution in [0.4, 0.5) is 20.4 Å². The van der Waals surface area contributed by atoms with Gasteiger partial charge >= 0.3 is 0 Å². The van der Waals surface area contributed by atoms with Gasteiger partial charge in [-0.2, -0.15) is 0 Å². The molecule has 7 nitrogen and oxygen atoms in total. The summed E-state index contributed by atoms with van der Waals surface area (Å²) >= 11 is 1.47. The lowest BCUT2D eigenvalue weighted by Gasteiger charge is -2.33. The predicted molar refractivity (Wildman–Crippen MR) is 108 cm³/mol. The lowest BCUT2D eigenvalue weighted by atomic mass is 9.92. The highest BCUT2D eigenvalue weighted by atomic mass is 32.1. The number of nitrogens with one attached hydrogen (secondary N) is 1. The second-order valence-electron chi connectivity index (χ2n) is 7.62. The maximum Gasteiger partial charge on any atom is 0.248 e. The summed E-state index contributed by atoms with van der Waals surface area (Å²) in [6, 6.07) is 1.80. The average molecular weight is 426 g/mol. The Labute approximate surface area is 172 Å². The van der Waals surface area contributed by atoms with Gasteiger partial charge in [-0.1, -0.05) is 0 Å². The molecule has 3 heterocycles. The van der Waals surface area contributed by atoms with Crippen molar-refractivity contribution in [3.8, 4) is 10.8 Å². The van der Waals surface area contributed by atoms with Gasteiger partial charge in [-0.05, 0) is 19.8 Å². The number of anilines is 2. The van der Waals surface area contributed by atoms with E-state index in [0.717, 1.165) is 10.7 Å². The molecule has 1 saturated heterocycles. The van der Waals surface area contributed by atoms with E-state index in [1.54, 1.807) is 0 Å². The fraction of sp³-hybridized carbons (Fsp3) is 0.632. The summed E-state index contributed by atoms with van der Waals surface area (Å²) < 4.78 is 32.5. The first-order valence-electron chi connectivity index (χ1n) is 9.85. The van der Waals surface area contributed by atoms with E-state index in [1.165, 1.54) is 11.3 Å². The number of halogens is 2. The van der Waals surface area contributed by atoms with Crippen molar-refractivity contribution in [2.24, 2.45) is 0 Å². The van der Waals surface area contributed by atoms with Crippen LogP contribution in [0, 0.1) is 6.92 Å². The minimum absolute atomic E-state index is 0.0434. The third kappa shape index (κ3) is 4.99. The Morgan fingerprint density at radius 3 is 2.79 bits per heavy atom. The summed E-state index contributed by atoms with van der Waals surface area (Å²) in [7, 11) is 0. The van der Waals surface area contributed by atoms with Gasteiger partial charge in [0, 0.05) is 49.1 Å². The van der Waals surface area contributed by atoms with Crippen molar-refractivity contribution in [1.29, 1.82) is 0 Å². The van der Waals surface area contributed by atoms with Crippen LogP contribution in [-0.4, -0.2) is 64.4 Å². The molecule has 2 fully saturated rings. The van der Waals surface area contributed by atoms with Gasteiger partial charge in [0.1, 0.15) is 11.6 Å². The summed E-state index contributed by atoms with van der Waals surface area (Å²) in [5.74, 6) is -0.726. The highest BCUT2D eigenvalue weighted by molar-refractivity contribution is 7.13. The van der Waals surface area contributed by atoms with Gasteiger partial charge in [0.05, 0.1) is 19.3 Å². The summed E-state index contributed by atoms with van der Waals surface area (Å²) in [4.78, 5) is 15.8. The van der Waals surface area contributed by atoms with Crippen LogP contribution in [0.1, 0.15) is 31.4 Å².